The number of rotatable bonds is 9. The number of nitrogen functional groups attached to an aromatic ring is 1. The van der Waals surface area contributed by atoms with Crippen LogP contribution < -0.4 is 11.1 Å². The number of nitrogens with two attached hydrogens (primary N) is 1. The number of amides is 1. The van der Waals surface area contributed by atoms with Crippen LogP contribution >= 0.6 is 0 Å². The van der Waals surface area contributed by atoms with Crippen LogP contribution in [0, 0.1) is 0 Å². The molecule has 8 nitrogen and oxygen atoms in total. The van der Waals surface area contributed by atoms with E-state index in [-0.39, 0.29) is 23.0 Å². The fourth-order valence-corrected chi connectivity index (χ4v) is 5.41. The quantitative estimate of drug-likeness (QED) is 0.156. The number of nitrogens with one attached hydrogen (secondary N) is 1. The maximum absolute atomic E-state index is 12.9. The molecule has 0 aliphatic rings. The van der Waals surface area contributed by atoms with Crippen LogP contribution in [0.4, 0.5) is 5.82 Å². The lowest BCUT2D eigenvalue weighted by Crippen LogP contribution is -2.22. The number of benzene rings is 4. The highest BCUT2D eigenvalue weighted by Crippen LogP contribution is 2.31. The molecule has 2 aromatic heterocycles. The Morgan fingerprint density at radius 3 is 2.42 bits per heavy atom. The minimum absolute atomic E-state index is 0.122. The van der Waals surface area contributed by atoms with E-state index in [9.17, 15) is 15.0 Å². The average molecular weight is 572 g/mol. The number of unbranched alkanes of at least 4 members (excludes halogenated alkanes) is 1. The molecule has 2 heterocycles. The molecule has 0 bridgehead atoms. The number of hydrogen-bond donors (Lipinski definition) is 4. The van der Waals surface area contributed by atoms with Gasteiger partial charge in [0.2, 0.25) is 0 Å². The van der Waals surface area contributed by atoms with Crippen LogP contribution in [0.5, 0.6) is 11.5 Å². The predicted molar refractivity (Wildman–Crippen MR) is 170 cm³/mol. The second kappa shape index (κ2) is 11.9. The topological polar surface area (TPSA) is 126 Å². The average Bonchev–Trinajstić information content (AvgIpc) is 3.38. The third-order valence-corrected chi connectivity index (χ3v) is 7.68. The van der Waals surface area contributed by atoms with Gasteiger partial charge in [-0.05, 0) is 59.0 Å². The zero-order valence-electron chi connectivity index (χ0n) is 23.9. The smallest absolute Gasteiger partial charge is 0.255 e. The molecule has 1 amide bonds. The maximum Gasteiger partial charge on any atom is 0.255 e. The van der Waals surface area contributed by atoms with E-state index in [2.05, 4.69) is 40.0 Å². The zero-order valence-corrected chi connectivity index (χ0v) is 23.9. The van der Waals surface area contributed by atoms with Gasteiger partial charge in [-0.15, -0.1) is 0 Å². The van der Waals surface area contributed by atoms with Gasteiger partial charge in [0.05, 0.1) is 16.6 Å². The monoisotopic (exact) mass is 571 g/mol. The number of anilines is 1. The molecule has 0 unspecified atom stereocenters. The number of carbonyl (C=O) groups is 1. The van der Waals surface area contributed by atoms with Crippen LogP contribution in [-0.2, 0) is 19.5 Å². The number of pyridine rings is 1. The van der Waals surface area contributed by atoms with Crippen molar-refractivity contribution in [2.45, 2.75) is 39.3 Å². The van der Waals surface area contributed by atoms with E-state index < -0.39 is 0 Å². The molecule has 0 saturated heterocycles. The summed E-state index contributed by atoms with van der Waals surface area (Å²) in [5.74, 6) is 1.08. The van der Waals surface area contributed by atoms with Crippen molar-refractivity contribution in [3.05, 3.63) is 114 Å². The number of fused-ring (bicyclic) bond motifs is 3. The molecule has 0 fully saturated rings. The number of para-hydroxylation sites is 1. The first-order valence-electron chi connectivity index (χ1n) is 14.4. The molecule has 4 aromatic carbocycles. The molecule has 43 heavy (non-hydrogen) atoms. The lowest BCUT2D eigenvalue weighted by atomic mass is 10.0. The largest absolute Gasteiger partial charge is 0.508 e. The molecule has 0 aliphatic heterocycles. The van der Waals surface area contributed by atoms with E-state index in [0.717, 1.165) is 63.7 Å². The van der Waals surface area contributed by atoms with Crippen LogP contribution in [-0.4, -0.2) is 30.7 Å². The molecule has 0 aliphatic carbocycles. The van der Waals surface area contributed by atoms with Crippen molar-refractivity contribution in [2.24, 2.45) is 0 Å². The van der Waals surface area contributed by atoms with E-state index in [1.807, 2.05) is 36.4 Å². The van der Waals surface area contributed by atoms with Crippen molar-refractivity contribution >= 4 is 33.7 Å². The number of phenols is 2. The van der Waals surface area contributed by atoms with Gasteiger partial charge >= 0.3 is 0 Å². The van der Waals surface area contributed by atoms with E-state index in [1.54, 1.807) is 30.3 Å². The van der Waals surface area contributed by atoms with Gasteiger partial charge in [0.25, 0.3) is 5.91 Å². The van der Waals surface area contributed by atoms with Crippen LogP contribution in [0.3, 0.4) is 0 Å². The molecule has 0 radical (unpaired) electrons. The second-order valence-electron chi connectivity index (χ2n) is 10.7. The van der Waals surface area contributed by atoms with E-state index in [1.165, 1.54) is 6.07 Å². The molecule has 6 rings (SSSR count). The van der Waals surface area contributed by atoms with Gasteiger partial charge in [0, 0.05) is 24.9 Å². The second-order valence-corrected chi connectivity index (χ2v) is 10.7. The summed E-state index contributed by atoms with van der Waals surface area (Å²) in [6.45, 7) is 3.12. The van der Waals surface area contributed by atoms with Gasteiger partial charge in [-0.3, -0.25) is 4.79 Å². The molecular formula is C35H33N5O3. The molecule has 8 heteroatoms. The zero-order chi connectivity index (χ0) is 29.9. The Morgan fingerprint density at radius 2 is 1.65 bits per heavy atom. The van der Waals surface area contributed by atoms with E-state index in [0.29, 0.717) is 24.5 Å². The summed E-state index contributed by atoms with van der Waals surface area (Å²) in [6.07, 6.45) is 2.95. The van der Waals surface area contributed by atoms with Crippen molar-refractivity contribution in [2.75, 3.05) is 5.73 Å². The van der Waals surface area contributed by atoms with Crippen LogP contribution in [0.25, 0.3) is 33.1 Å². The fourth-order valence-electron chi connectivity index (χ4n) is 5.41. The van der Waals surface area contributed by atoms with Crippen molar-refractivity contribution < 1.29 is 15.0 Å². The first kappa shape index (κ1) is 27.8. The summed E-state index contributed by atoms with van der Waals surface area (Å²) in [5.41, 5.74) is 12.6. The minimum Gasteiger partial charge on any atom is -0.508 e. The highest BCUT2D eigenvalue weighted by Gasteiger charge is 2.18. The van der Waals surface area contributed by atoms with Crippen molar-refractivity contribution in [1.29, 1.82) is 0 Å². The predicted octanol–water partition coefficient (Wildman–Crippen LogP) is 6.57. The van der Waals surface area contributed by atoms with E-state index >= 15 is 0 Å². The van der Waals surface area contributed by atoms with Gasteiger partial charge in [-0.1, -0.05) is 74.0 Å². The number of phenolic OH excluding ortho intramolecular Hbond substituents is 2. The first-order chi connectivity index (χ1) is 20.9. The number of aromatic hydroxyl groups is 2. The summed E-state index contributed by atoms with van der Waals surface area (Å²) in [6, 6.07) is 27.7. The van der Waals surface area contributed by atoms with Crippen LogP contribution in [0.2, 0.25) is 0 Å². The number of hydrogen-bond acceptors (Lipinski definition) is 6. The molecule has 5 N–H and O–H groups in total. The van der Waals surface area contributed by atoms with Crippen molar-refractivity contribution in [3.8, 4) is 22.6 Å². The normalized spacial score (nSPS) is 11.3. The third-order valence-electron chi connectivity index (χ3n) is 7.68. The molecule has 0 atom stereocenters. The summed E-state index contributed by atoms with van der Waals surface area (Å²) in [4.78, 5) is 22.4. The third kappa shape index (κ3) is 5.72. The number of imidazole rings is 1. The van der Waals surface area contributed by atoms with Crippen molar-refractivity contribution in [1.82, 2.24) is 19.9 Å². The Labute approximate surface area is 249 Å². The summed E-state index contributed by atoms with van der Waals surface area (Å²) in [5, 5.41) is 24.2. The SMILES string of the molecule is CCCCc1nc2c(N)nc3ccccc3c2n1Cc1ccc(CNC(=O)c2ccc(-c3cccc(O)c3)cc2O)cc1. The Bertz CT molecular complexity index is 1950. The Balaban J connectivity index is 1.19. The summed E-state index contributed by atoms with van der Waals surface area (Å²) >= 11 is 0. The Hall–Kier alpha value is -5.37. The van der Waals surface area contributed by atoms with Crippen LogP contribution in [0.1, 0.15) is 47.1 Å². The highest BCUT2D eigenvalue weighted by molar-refractivity contribution is 6.06. The standard InChI is InChI=1S/C35H33N5O3/c1-2-3-11-31-39-32-33(27-9-4-5-10-29(27)38-34(32)36)40(31)21-23-14-12-22(13-15-23)20-37-35(43)28-17-16-25(19-30(28)42)24-7-6-8-26(41)18-24/h4-10,12-19,41-42H,2-3,11,20-21H2,1H3,(H2,36,38)(H,37,43). The minimum atomic E-state index is -0.368. The van der Waals surface area contributed by atoms with Gasteiger partial charge in [-0.25, -0.2) is 9.97 Å². The Morgan fingerprint density at radius 1 is 0.884 bits per heavy atom. The van der Waals surface area contributed by atoms with Gasteiger partial charge in [0.1, 0.15) is 22.8 Å². The lowest BCUT2D eigenvalue weighted by Gasteiger charge is -2.12. The van der Waals surface area contributed by atoms with E-state index in [4.69, 9.17) is 10.7 Å². The summed E-state index contributed by atoms with van der Waals surface area (Å²) in [7, 11) is 0. The molecule has 6 aromatic rings. The summed E-state index contributed by atoms with van der Waals surface area (Å²) < 4.78 is 2.26. The maximum atomic E-state index is 12.9. The highest BCUT2D eigenvalue weighted by atomic mass is 16.3. The number of aryl methyl sites for hydroxylation is 1. The lowest BCUT2D eigenvalue weighted by molar-refractivity contribution is 0.0948. The molecular weight excluding hydrogens is 538 g/mol. The Kier molecular flexibility index (Phi) is 7.66. The number of aromatic nitrogens is 3. The number of carbonyl (C=O) groups excluding carboxylic acids is 1. The fraction of sp³-hybridized carbons (Fsp3) is 0.171. The molecule has 216 valence electrons. The van der Waals surface area contributed by atoms with Crippen molar-refractivity contribution in [3.63, 3.8) is 0 Å². The van der Waals surface area contributed by atoms with Gasteiger partial charge in [0.15, 0.2) is 5.82 Å². The molecule has 0 saturated carbocycles. The van der Waals surface area contributed by atoms with Crippen LogP contribution in [0.15, 0.2) is 91.0 Å². The first-order valence-corrected chi connectivity index (χ1v) is 14.4. The van der Waals surface area contributed by atoms with Gasteiger partial charge in [-0.2, -0.15) is 0 Å². The van der Waals surface area contributed by atoms with Gasteiger partial charge < -0.3 is 25.8 Å². The number of nitrogens with zero attached hydrogens (tertiary/aromatic N) is 3. The molecule has 0 spiro atoms.